The van der Waals surface area contributed by atoms with Crippen LogP contribution in [0.3, 0.4) is 0 Å². The number of amides is 1. The molecule has 0 N–H and O–H groups in total. The normalized spacial score (nSPS) is 23.7. The van der Waals surface area contributed by atoms with Crippen molar-refractivity contribution in [3.63, 3.8) is 0 Å². The molecule has 1 saturated carbocycles. The third-order valence-electron chi connectivity index (χ3n) is 4.96. The molecule has 2 heterocycles. The second-order valence-electron chi connectivity index (χ2n) is 6.32. The van der Waals surface area contributed by atoms with Crippen LogP contribution in [0.4, 0.5) is 0 Å². The molecule has 2 aliphatic carbocycles. The van der Waals surface area contributed by atoms with Gasteiger partial charge in [0.05, 0.1) is 5.56 Å². The Morgan fingerprint density at radius 1 is 1.10 bits per heavy atom. The second-order valence-corrected chi connectivity index (χ2v) is 7.28. The molecular weight excluding hydrogens is 268 g/mol. The highest BCUT2D eigenvalue weighted by molar-refractivity contribution is 7.10. The first kappa shape index (κ1) is 12.8. The lowest BCUT2D eigenvalue weighted by molar-refractivity contribution is 0.0626. The SMILES string of the molecule is O=C(c1csc2c1CCCC2)N1CCN(C2CC2)CC1. The van der Waals surface area contributed by atoms with Gasteiger partial charge in [-0.2, -0.15) is 0 Å². The van der Waals surface area contributed by atoms with Gasteiger partial charge >= 0.3 is 0 Å². The largest absolute Gasteiger partial charge is 0.336 e. The van der Waals surface area contributed by atoms with Crippen molar-refractivity contribution in [1.82, 2.24) is 9.80 Å². The smallest absolute Gasteiger partial charge is 0.255 e. The predicted octanol–water partition coefficient (Wildman–Crippen LogP) is 2.55. The van der Waals surface area contributed by atoms with Crippen LogP contribution in [0.5, 0.6) is 0 Å². The molecule has 1 amide bonds. The zero-order valence-electron chi connectivity index (χ0n) is 11.9. The molecule has 1 saturated heterocycles. The van der Waals surface area contributed by atoms with E-state index in [1.807, 2.05) is 0 Å². The molecule has 3 aliphatic rings. The predicted molar refractivity (Wildman–Crippen MR) is 81.5 cm³/mol. The summed E-state index contributed by atoms with van der Waals surface area (Å²) in [4.78, 5) is 18.8. The number of thiophene rings is 1. The molecule has 4 heteroatoms. The fourth-order valence-electron chi connectivity index (χ4n) is 3.57. The van der Waals surface area contributed by atoms with E-state index in [0.29, 0.717) is 5.91 Å². The minimum absolute atomic E-state index is 0.292. The summed E-state index contributed by atoms with van der Waals surface area (Å²) < 4.78 is 0. The van der Waals surface area contributed by atoms with Crippen molar-refractivity contribution in [3.05, 3.63) is 21.4 Å². The molecule has 1 aliphatic heterocycles. The molecule has 0 unspecified atom stereocenters. The third kappa shape index (κ3) is 2.29. The number of aryl methyl sites for hydroxylation is 1. The number of carbonyl (C=O) groups excluding carboxylic acids is 1. The van der Waals surface area contributed by atoms with Crippen LogP contribution in [0, 0.1) is 0 Å². The Bertz CT molecular complexity index is 513. The van der Waals surface area contributed by atoms with E-state index >= 15 is 0 Å². The summed E-state index contributed by atoms with van der Waals surface area (Å²) in [6, 6.07) is 0.834. The lowest BCUT2D eigenvalue weighted by atomic mass is 9.95. The molecule has 1 aromatic heterocycles. The van der Waals surface area contributed by atoms with Crippen molar-refractivity contribution in [1.29, 1.82) is 0 Å². The van der Waals surface area contributed by atoms with E-state index in [9.17, 15) is 4.79 Å². The molecular formula is C16H22N2OS. The molecule has 0 radical (unpaired) electrons. The first-order valence-corrected chi connectivity index (χ1v) is 8.83. The summed E-state index contributed by atoms with van der Waals surface area (Å²) in [6.07, 6.45) is 7.57. The Morgan fingerprint density at radius 2 is 1.85 bits per heavy atom. The fourth-order valence-corrected chi connectivity index (χ4v) is 4.69. The maximum atomic E-state index is 12.7. The van der Waals surface area contributed by atoms with Crippen LogP contribution in [-0.2, 0) is 12.8 Å². The van der Waals surface area contributed by atoms with Crippen LogP contribution in [-0.4, -0.2) is 47.9 Å². The van der Waals surface area contributed by atoms with Gasteiger partial charge in [0.2, 0.25) is 0 Å². The van der Waals surface area contributed by atoms with Crippen molar-refractivity contribution >= 4 is 17.2 Å². The van der Waals surface area contributed by atoms with Crippen LogP contribution >= 0.6 is 11.3 Å². The summed E-state index contributed by atoms with van der Waals surface area (Å²) in [5.41, 5.74) is 2.39. The van der Waals surface area contributed by atoms with Crippen molar-refractivity contribution in [2.75, 3.05) is 26.2 Å². The number of piperazine rings is 1. The number of nitrogens with zero attached hydrogens (tertiary/aromatic N) is 2. The van der Waals surface area contributed by atoms with E-state index in [1.165, 1.54) is 42.5 Å². The average Bonchev–Trinajstić information content (AvgIpc) is 3.26. The molecule has 0 spiro atoms. The van der Waals surface area contributed by atoms with Crippen LogP contribution in [0.1, 0.15) is 46.5 Å². The zero-order valence-corrected chi connectivity index (χ0v) is 12.8. The van der Waals surface area contributed by atoms with E-state index in [0.717, 1.165) is 44.2 Å². The number of fused-ring (bicyclic) bond motifs is 1. The summed E-state index contributed by atoms with van der Waals surface area (Å²) in [7, 11) is 0. The third-order valence-corrected chi connectivity index (χ3v) is 6.05. The fraction of sp³-hybridized carbons (Fsp3) is 0.688. The molecule has 0 bridgehead atoms. The van der Waals surface area contributed by atoms with Gasteiger partial charge in [0, 0.05) is 42.5 Å². The van der Waals surface area contributed by atoms with Gasteiger partial charge in [-0.3, -0.25) is 9.69 Å². The molecule has 0 aromatic carbocycles. The summed E-state index contributed by atoms with van der Waals surface area (Å²) in [6.45, 7) is 3.98. The second kappa shape index (κ2) is 5.15. The summed E-state index contributed by atoms with van der Waals surface area (Å²) >= 11 is 1.80. The van der Waals surface area contributed by atoms with Crippen molar-refractivity contribution < 1.29 is 4.79 Å². The Morgan fingerprint density at radius 3 is 2.60 bits per heavy atom. The summed E-state index contributed by atoms with van der Waals surface area (Å²) in [5, 5.41) is 2.12. The van der Waals surface area contributed by atoms with E-state index < -0.39 is 0 Å². The van der Waals surface area contributed by atoms with E-state index in [4.69, 9.17) is 0 Å². The lowest BCUT2D eigenvalue weighted by Gasteiger charge is -2.35. The Kier molecular flexibility index (Phi) is 3.31. The van der Waals surface area contributed by atoms with Crippen LogP contribution in [0.15, 0.2) is 5.38 Å². The molecule has 1 aromatic rings. The van der Waals surface area contributed by atoms with Gasteiger partial charge in [-0.25, -0.2) is 0 Å². The molecule has 4 rings (SSSR count). The Hall–Kier alpha value is -0.870. The number of hydrogen-bond donors (Lipinski definition) is 0. The summed E-state index contributed by atoms with van der Waals surface area (Å²) in [5.74, 6) is 0.292. The molecule has 0 atom stereocenters. The highest BCUT2D eigenvalue weighted by Crippen LogP contribution is 2.32. The molecule has 2 fully saturated rings. The van der Waals surface area contributed by atoms with E-state index in [1.54, 1.807) is 11.3 Å². The van der Waals surface area contributed by atoms with Gasteiger partial charge in [-0.05, 0) is 44.1 Å². The van der Waals surface area contributed by atoms with Crippen LogP contribution < -0.4 is 0 Å². The Labute approximate surface area is 124 Å². The van der Waals surface area contributed by atoms with Gasteiger partial charge in [-0.15, -0.1) is 11.3 Å². The first-order chi connectivity index (χ1) is 9.83. The number of hydrogen-bond acceptors (Lipinski definition) is 3. The van der Waals surface area contributed by atoms with Gasteiger partial charge < -0.3 is 4.90 Å². The molecule has 108 valence electrons. The van der Waals surface area contributed by atoms with Gasteiger partial charge in [0.25, 0.3) is 5.91 Å². The van der Waals surface area contributed by atoms with Crippen molar-refractivity contribution in [2.24, 2.45) is 0 Å². The average molecular weight is 290 g/mol. The number of rotatable bonds is 2. The van der Waals surface area contributed by atoms with E-state index in [2.05, 4.69) is 15.2 Å². The van der Waals surface area contributed by atoms with Crippen LogP contribution in [0.25, 0.3) is 0 Å². The quantitative estimate of drug-likeness (QED) is 0.836. The standard InChI is InChI=1S/C16H22N2OS/c19-16(14-11-20-15-4-2-1-3-13(14)15)18-9-7-17(8-10-18)12-5-6-12/h11-12H,1-10H2. The maximum Gasteiger partial charge on any atom is 0.255 e. The maximum absolute atomic E-state index is 12.7. The monoisotopic (exact) mass is 290 g/mol. The lowest BCUT2D eigenvalue weighted by Crippen LogP contribution is -2.49. The topological polar surface area (TPSA) is 23.6 Å². The Balaban J connectivity index is 1.46. The zero-order chi connectivity index (χ0) is 13.5. The minimum Gasteiger partial charge on any atom is -0.336 e. The van der Waals surface area contributed by atoms with Gasteiger partial charge in [-0.1, -0.05) is 0 Å². The first-order valence-electron chi connectivity index (χ1n) is 7.95. The highest BCUT2D eigenvalue weighted by Gasteiger charge is 2.33. The van der Waals surface area contributed by atoms with Crippen molar-refractivity contribution in [2.45, 2.75) is 44.6 Å². The van der Waals surface area contributed by atoms with Crippen LogP contribution in [0.2, 0.25) is 0 Å². The minimum atomic E-state index is 0.292. The molecule has 3 nitrogen and oxygen atoms in total. The van der Waals surface area contributed by atoms with E-state index in [-0.39, 0.29) is 0 Å². The molecule has 20 heavy (non-hydrogen) atoms. The van der Waals surface area contributed by atoms with Gasteiger partial charge in [0.1, 0.15) is 0 Å². The van der Waals surface area contributed by atoms with Gasteiger partial charge in [0.15, 0.2) is 0 Å². The number of carbonyl (C=O) groups is 1. The van der Waals surface area contributed by atoms with Crippen molar-refractivity contribution in [3.8, 4) is 0 Å². The highest BCUT2D eigenvalue weighted by atomic mass is 32.1.